The second-order valence-electron chi connectivity index (χ2n) is 7.77. The van der Waals surface area contributed by atoms with E-state index in [4.69, 9.17) is 4.74 Å². The van der Waals surface area contributed by atoms with Crippen LogP contribution in [0, 0.1) is 5.92 Å². The van der Waals surface area contributed by atoms with Crippen molar-refractivity contribution < 1.29 is 17.9 Å². The maximum atomic E-state index is 13.0. The molecule has 2 fully saturated rings. The lowest BCUT2D eigenvalue weighted by atomic mass is 9.89. The van der Waals surface area contributed by atoms with E-state index in [9.17, 15) is 13.2 Å². The predicted octanol–water partition coefficient (Wildman–Crippen LogP) is 3.92. The maximum absolute atomic E-state index is 13.0. The normalized spacial score (nSPS) is 24.8. The Kier molecular flexibility index (Phi) is 9.67. The molecule has 9 heteroatoms. The Balaban J connectivity index is 0.00000320. The van der Waals surface area contributed by atoms with E-state index in [1.165, 1.54) is 17.4 Å². The number of nitrogens with zero attached hydrogens (tertiary/aromatic N) is 3. The van der Waals surface area contributed by atoms with Crippen LogP contribution in [0.4, 0.5) is 13.2 Å². The quantitative estimate of drug-likeness (QED) is 0.357. The predicted molar refractivity (Wildman–Crippen MR) is 123 cm³/mol. The molecule has 3 atom stereocenters. The van der Waals surface area contributed by atoms with E-state index >= 15 is 0 Å². The lowest BCUT2D eigenvalue weighted by molar-refractivity contribution is -0.181. The molecule has 2 saturated heterocycles. The first-order valence-electron chi connectivity index (χ1n) is 10.3. The molecule has 1 aromatic carbocycles. The highest BCUT2D eigenvalue weighted by molar-refractivity contribution is 14.0. The van der Waals surface area contributed by atoms with Gasteiger partial charge in [0.15, 0.2) is 5.96 Å². The van der Waals surface area contributed by atoms with Crippen LogP contribution >= 0.6 is 24.0 Å². The van der Waals surface area contributed by atoms with Gasteiger partial charge < -0.3 is 15.0 Å². The molecule has 0 spiro atoms. The highest BCUT2D eigenvalue weighted by atomic mass is 127. The van der Waals surface area contributed by atoms with Gasteiger partial charge in [0.25, 0.3) is 0 Å². The van der Waals surface area contributed by atoms with Crippen molar-refractivity contribution >= 4 is 29.9 Å². The lowest BCUT2D eigenvalue weighted by Crippen LogP contribution is -2.57. The van der Waals surface area contributed by atoms with E-state index in [2.05, 4.69) is 22.4 Å². The summed E-state index contributed by atoms with van der Waals surface area (Å²) in [5, 5.41) is 3.44. The van der Waals surface area contributed by atoms with E-state index < -0.39 is 12.2 Å². The van der Waals surface area contributed by atoms with Crippen molar-refractivity contribution in [1.29, 1.82) is 0 Å². The third-order valence-electron chi connectivity index (χ3n) is 5.94. The molecule has 2 aliphatic rings. The van der Waals surface area contributed by atoms with E-state index in [1.54, 1.807) is 7.05 Å². The maximum Gasteiger partial charge on any atom is 0.403 e. The van der Waals surface area contributed by atoms with Gasteiger partial charge in [-0.15, -0.1) is 24.0 Å². The number of halogens is 4. The zero-order chi connectivity index (χ0) is 20.9. The molecule has 3 rings (SSSR count). The average Bonchev–Trinajstić information content (AvgIpc) is 2.74. The molecule has 1 N–H and O–H groups in total. The second kappa shape index (κ2) is 11.5. The number of guanidine groups is 1. The highest BCUT2D eigenvalue weighted by Gasteiger charge is 2.41. The number of aliphatic imine (C=N–C) groups is 1. The molecule has 0 aromatic heterocycles. The first-order chi connectivity index (χ1) is 13.9. The zero-order valence-electron chi connectivity index (χ0n) is 17.6. The monoisotopic (exact) mass is 540 g/mol. The molecule has 0 bridgehead atoms. The van der Waals surface area contributed by atoms with Crippen LogP contribution in [0.1, 0.15) is 31.4 Å². The number of hydrogen-bond acceptors (Lipinski definition) is 3. The van der Waals surface area contributed by atoms with Gasteiger partial charge in [-0.1, -0.05) is 30.3 Å². The minimum atomic E-state index is -4.18. The van der Waals surface area contributed by atoms with Crippen molar-refractivity contribution in [3.63, 3.8) is 0 Å². The minimum absolute atomic E-state index is 0. The van der Waals surface area contributed by atoms with Gasteiger partial charge in [-0.25, -0.2) is 0 Å². The van der Waals surface area contributed by atoms with E-state index in [1.807, 2.05) is 23.1 Å². The van der Waals surface area contributed by atoms with Crippen LogP contribution in [-0.2, 0) is 4.74 Å². The number of ether oxygens (including phenoxy) is 1. The molecular weight excluding hydrogens is 508 g/mol. The summed E-state index contributed by atoms with van der Waals surface area (Å²) in [5.74, 6) is 1.08. The van der Waals surface area contributed by atoms with Crippen molar-refractivity contribution in [3.05, 3.63) is 35.9 Å². The molecule has 0 radical (unpaired) electrons. The summed E-state index contributed by atoms with van der Waals surface area (Å²) in [4.78, 5) is 7.90. The van der Waals surface area contributed by atoms with Gasteiger partial charge in [0.05, 0.1) is 6.10 Å². The van der Waals surface area contributed by atoms with Gasteiger partial charge in [-0.2, -0.15) is 13.2 Å². The molecule has 30 heavy (non-hydrogen) atoms. The Morgan fingerprint density at radius 1 is 1.20 bits per heavy atom. The molecule has 2 aliphatic heterocycles. The van der Waals surface area contributed by atoms with Gasteiger partial charge in [0.1, 0.15) is 6.04 Å². The summed E-state index contributed by atoms with van der Waals surface area (Å²) >= 11 is 0. The van der Waals surface area contributed by atoms with Crippen molar-refractivity contribution in [2.75, 3.05) is 46.4 Å². The number of piperazine rings is 1. The summed E-state index contributed by atoms with van der Waals surface area (Å²) in [6.45, 7) is 4.54. The molecule has 0 saturated carbocycles. The number of hydrogen-bond donors (Lipinski definition) is 1. The summed E-state index contributed by atoms with van der Waals surface area (Å²) in [7, 11) is 1.72. The molecular formula is C21H32F3IN4O. The first-order valence-corrected chi connectivity index (χ1v) is 10.3. The van der Waals surface area contributed by atoms with Crippen molar-refractivity contribution in [2.24, 2.45) is 10.9 Å². The van der Waals surface area contributed by atoms with Crippen LogP contribution in [0.25, 0.3) is 0 Å². The number of nitrogens with one attached hydrogen (secondary N) is 1. The van der Waals surface area contributed by atoms with Gasteiger partial charge in [0, 0.05) is 52.3 Å². The van der Waals surface area contributed by atoms with E-state index in [0.29, 0.717) is 32.1 Å². The Bertz CT molecular complexity index is 666. The summed E-state index contributed by atoms with van der Waals surface area (Å²) in [6, 6.07) is 8.83. The average molecular weight is 540 g/mol. The van der Waals surface area contributed by atoms with Crippen LogP contribution < -0.4 is 5.32 Å². The van der Waals surface area contributed by atoms with Gasteiger partial charge >= 0.3 is 6.18 Å². The molecule has 2 heterocycles. The molecule has 1 aromatic rings. The first kappa shape index (κ1) is 25.2. The minimum Gasteiger partial charge on any atom is -0.373 e. The fraction of sp³-hybridized carbons (Fsp3) is 0.667. The standard InChI is InChI=1S/C21H31F3N4O.HI/c1-16(21(22,23)24)27-10-12-28(13-11-27)20(25-2)26-15-18-9-6-14-29-19(18)17-7-4-3-5-8-17;/h3-5,7-8,16,18-19H,6,9-15H2,1-2H3,(H,25,26);1H. The van der Waals surface area contributed by atoms with Crippen LogP contribution in [0.5, 0.6) is 0 Å². The van der Waals surface area contributed by atoms with E-state index in [-0.39, 0.29) is 30.1 Å². The zero-order valence-corrected chi connectivity index (χ0v) is 19.9. The molecule has 0 amide bonds. The topological polar surface area (TPSA) is 40.1 Å². The summed E-state index contributed by atoms with van der Waals surface area (Å²) in [6.07, 6.45) is -2.03. The van der Waals surface area contributed by atoms with Crippen LogP contribution in [0.3, 0.4) is 0 Å². The van der Waals surface area contributed by atoms with Gasteiger partial charge in [-0.3, -0.25) is 9.89 Å². The second-order valence-corrected chi connectivity index (χ2v) is 7.77. The smallest absolute Gasteiger partial charge is 0.373 e. The highest BCUT2D eigenvalue weighted by Crippen LogP contribution is 2.33. The molecule has 5 nitrogen and oxygen atoms in total. The van der Waals surface area contributed by atoms with Crippen LogP contribution in [0.15, 0.2) is 35.3 Å². The van der Waals surface area contributed by atoms with E-state index in [0.717, 1.165) is 32.0 Å². The Labute approximate surface area is 194 Å². The molecule has 170 valence electrons. The van der Waals surface area contributed by atoms with Crippen molar-refractivity contribution in [3.8, 4) is 0 Å². The number of rotatable bonds is 4. The largest absolute Gasteiger partial charge is 0.403 e. The Morgan fingerprint density at radius 2 is 1.87 bits per heavy atom. The van der Waals surface area contributed by atoms with Gasteiger partial charge in [0.2, 0.25) is 0 Å². The third-order valence-corrected chi connectivity index (χ3v) is 5.94. The number of benzene rings is 1. The van der Waals surface area contributed by atoms with Crippen molar-refractivity contribution in [2.45, 2.75) is 38.1 Å². The van der Waals surface area contributed by atoms with Crippen LogP contribution in [0.2, 0.25) is 0 Å². The molecule has 3 unspecified atom stereocenters. The van der Waals surface area contributed by atoms with Gasteiger partial charge in [-0.05, 0) is 25.3 Å². The lowest BCUT2D eigenvalue weighted by Gasteiger charge is -2.40. The Morgan fingerprint density at radius 3 is 2.47 bits per heavy atom. The third kappa shape index (κ3) is 6.46. The van der Waals surface area contributed by atoms with Crippen molar-refractivity contribution in [1.82, 2.24) is 15.1 Å². The number of alkyl halides is 3. The Hall–Kier alpha value is -1.07. The fourth-order valence-corrected chi connectivity index (χ4v) is 4.15. The van der Waals surface area contributed by atoms with Crippen LogP contribution in [-0.4, -0.2) is 74.4 Å². The molecule has 0 aliphatic carbocycles. The fourth-order valence-electron chi connectivity index (χ4n) is 4.15. The SMILES string of the molecule is CN=C(NCC1CCCOC1c1ccccc1)N1CCN(C(C)C(F)(F)F)CC1.I. The summed E-state index contributed by atoms with van der Waals surface area (Å²) < 4.78 is 44.9. The summed E-state index contributed by atoms with van der Waals surface area (Å²) in [5.41, 5.74) is 1.18.